The van der Waals surface area contributed by atoms with Gasteiger partial charge in [0.05, 0.1) is 6.61 Å². The highest BCUT2D eigenvalue weighted by molar-refractivity contribution is 6.29. The summed E-state index contributed by atoms with van der Waals surface area (Å²) in [5.41, 5.74) is 4.79. The number of alkyl halides is 1. The number of nitrogens with zero attached hydrogens (tertiary/aromatic N) is 2. The molecule has 0 aromatic carbocycles. The topological polar surface area (TPSA) is 141 Å². The van der Waals surface area contributed by atoms with Gasteiger partial charge in [-0.2, -0.15) is 0 Å². The molecule has 0 aliphatic heterocycles. The number of nitrogens with two attached hydrogens (primary N) is 1. The molecule has 1 unspecified atom stereocenters. The summed E-state index contributed by atoms with van der Waals surface area (Å²) in [6.45, 7) is 1.33. The zero-order valence-electron chi connectivity index (χ0n) is 9.88. The van der Waals surface area contributed by atoms with Gasteiger partial charge >= 0.3 is 11.8 Å². The molecule has 0 bridgehead atoms. The van der Waals surface area contributed by atoms with Crippen molar-refractivity contribution in [3.63, 3.8) is 0 Å². The van der Waals surface area contributed by atoms with E-state index >= 15 is 0 Å². The highest BCUT2D eigenvalue weighted by atomic mass is 35.5. The molecule has 1 aromatic heterocycles. The van der Waals surface area contributed by atoms with Crippen molar-refractivity contribution in [3.05, 3.63) is 21.4 Å². The predicted molar refractivity (Wildman–Crippen MR) is 63.7 cm³/mol. The molecular weight excluding hydrogens is 280 g/mol. The lowest BCUT2D eigenvalue weighted by Gasteiger charge is -2.04. The van der Waals surface area contributed by atoms with Crippen LogP contribution < -0.4 is 5.73 Å². The average Bonchev–Trinajstić information content (AvgIpc) is 2.72. The van der Waals surface area contributed by atoms with Crippen molar-refractivity contribution in [1.82, 2.24) is 10.2 Å². The Morgan fingerprint density at radius 1 is 1.63 bits per heavy atom. The summed E-state index contributed by atoms with van der Waals surface area (Å²) in [6.07, 6.45) is 0.0119. The first-order valence-corrected chi connectivity index (χ1v) is 5.60. The Morgan fingerprint density at radius 2 is 2.26 bits per heavy atom. The normalized spacial score (nSPS) is 11.9. The Kier molecular flexibility index (Phi) is 4.81. The first kappa shape index (κ1) is 14.9. The number of nitro groups is 1. The Labute approximate surface area is 112 Å². The lowest BCUT2D eigenvalue weighted by Crippen LogP contribution is -2.18. The van der Waals surface area contributed by atoms with Crippen LogP contribution in [0.5, 0.6) is 0 Å². The van der Waals surface area contributed by atoms with Crippen LogP contribution in [0.25, 0.3) is 0 Å². The average molecular weight is 291 g/mol. The van der Waals surface area contributed by atoms with E-state index in [4.69, 9.17) is 22.1 Å². The number of halogens is 1. The number of ether oxygens (including phenoxy) is 1. The van der Waals surface area contributed by atoms with Gasteiger partial charge in [0.1, 0.15) is 11.1 Å². The van der Waals surface area contributed by atoms with E-state index in [1.54, 1.807) is 0 Å². The van der Waals surface area contributed by atoms with Crippen molar-refractivity contribution in [2.45, 2.75) is 18.7 Å². The molecular formula is C9H11ClN4O5. The minimum Gasteiger partial charge on any atom is -0.464 e. The summed E-state index contributed by atoms with van der Waals surface area (Å²) < 4.78 is 4.77. The second kappa shape index (κ2) is 6.14. The monoisotopic (exact) mass is 290 g/mol. The molecule has 0 spiro atoms. The molecule has 0 saturated heterocycles. The van der Waals surface area contributed by atoms with E-state index in [0.29, 0.717) is 0 Å². The van der Waals surface area contributed by atoms with E-state index in [0.717, 1.165) is 0 Å². The Hall–Kier alpha value is -2.16. The molecule has 0 radical (unpaired) electrons. The molecule has 0 saturated carbocycles. The quantitative estimate of drug-likeness (QED) is 0.330. The zero-order chi connectivity index (χ0) is 14.6. The van der Waals surface area contributed by atoms with E-state index in [1.165, 1.54) is 6.92 Å². The van der Waals surface area contributed by atoms with Crippen LogP contribution in [0, 0.1) is 10.1 Å². The SMILES string of the molecule is CC(Cl)C(=O)OCCc1n[nH]c([N+](=O)[O-])c1C(N)=O. The van der Waals surface area contributed by atoms with Crippen molar-refractivity contribution in [1.29, 1.82) is 0 Å². The smallest absolute Gasteiger partial charge is 0.355 e. The van der Waals surface area contributed by atoms with Gasteiger partial charge in [-0.05, 0) is 11.8 Å². The van der Waals surface area contributed by atoms with Gasteiger partial charge in [-0.25, -0.2) is 0 Å². The van der Waals surface area contributed by atoms with Crippen LogP contribution in [0.3, 0.4) is 0 Å². The Balaban J connectivity index is 2.77. The number of rotatable bonds is 6. The van der Waals surface area contributed by atoms with E-state index in [1.807, 2.05) is 0 Å². The third kappa shape index (κ3) is 3.65. The second-order valence-corrected chi connectivity index (χ2v) is 4.20. The number of carbonyl (C=O) groups excluding carboxylic acids is 2. The Morgan fingerprint density at radius 3 is 2.74 bits per heavy atom. The van der Waals surface area contributed by atoms with Crippen LogP contribution in [0.15, 0.2) is 0 Å². The largest absolute Gasteiger partial charge is 0.464 e. The first-order chi connectivity index (χ1) is 8.84. The lowest BCUT2D eigenvalue weighted by molar-refractivity contribution is -0.389. The Bertz CT molecular complexity index is 513. The zero-order valence-corrected chi connectivity index (χ0v) is 10.6. The lowest BCUT2D eigenvalue weighted by atomic mass is 10.2. The molecule has 19 heavy (non-hydrogen) atoms. The van der Waals surface area contributed by atoms with Gasteiger partial charge < -0.3 is 20.6 Å². The fraction of sp³-hybridized carbons (Fsp3) is 0.444. The summed E-state index contributed by atoms with van der Waals surface area (Å²) in [4.78, 5) is 32.1. The standard InChI is InChI=1S/C9H11ClN4O5/c1-4(10)9(16)19-3-2-5-6(7(11)15)8(13-12-5)14(17)18/h4H,2-3H2,1H3,(H2,11,15)(H,12,13). The third-order valence-electron chi connectivity index (χ3n) is 2.16. The maximum absolute atomic E-state index is 11.1. The number of nitrogens with one attached hydrogen (secondary N) is 1. The van der Waals surface area contributed by atoms with Crippen LogP contribution in [0.2, 0.25) is 0 Å². The van der Waals surface area contributed by atoms with Crippen molar-refractivity contribution in [2.75, 3.05) is 6.61 Å². The van der Waals surface area contributed by atoms with E-state index in [-0.39, 0.29) is 24.3 Å². The van der Waals surface area contributed by atoms with Gasteiger partial charge in [-0.15, -0.1) is 16.7 Å². The van der Waals surface area contributed by atoms with E-state index in [2.05, 4.69) is 10.2 Å². The molecule has 9 nitrogen and oxygen atoms in total. The van der Waals surface area contributed by atoms with E-state index < -0.39 is 28.0 Å². The summed E-state index contributed by atoms with van der Waals surface area (Å²) >= 11 is 5.48. The molecule has 1 heterocycles. The van der Waals surface area contributed by atoms with Crippen LogP contribution in [-0.2, 0) is 16.0 Å². The van der Waals surface area contributed by atoms with Gasteiger partial charge in [0, 0.05) is 6.42 Å². The van der Waals surface area contributed by atoms with Crippen LogP contribution in [-0.4, -0.2) is 39.0 Å². The molecule has 0 aliphatic carbocycles. The van der Waals surface area contributed by atoms with Crippen molar-refractivity contribution >= 4 is 29.3 Å². The number of primary amides is 1. The number of hydrogen-bond donors (Lipinski definition) is 2. The van der Waals surface area contributed by atoms with Gasteiger partial charge in [-0.3, -0.25) is 9.59 Å². The molecule has 1 amide bonds. The van der Waals surface area contributed by atoms with Crippen LogP contribution >= 0.6 is 11.6 Å². The maximum atomic E-state index is 11.1. The van der Waals surface area contributed by atoms with Gasteiger partial charge in [-0.1, -0.05) is 5.10 Å². The number of amides is 1. The summed E-state index contributed by atoms with van der Waals surface area (Å²) in [5.74, 6) is -2.20. The molecule has 10 heteroatoms. The van der Waals surface area contributed by atoms with Crippen molar-refractivity contribution in [3.8, 4) is 0 Å². The first-order valence-electron chi connectivity index (χ1n) is 5.16. The second-order valence-electron chi connectivity index (χ2n) is 3.55. The van der Waals surface area contributed by atoms with Crippen molar-refractivity contribution < 1.29 is 19.2 Å². The van der Waals surface area contributed by atoms with Crippen LogP contribution in [0.4, 0.5) is 5.82 Å². The molecule has 1 rings (SSSR count). The summed E-state index contributed by atoms with van der Waals surface area (Å²) in [6, 6.07) is 0. The fourth-order valence-electron chi connectivity index (χ4n) is 1.30. The number of aromatic amines is 1. The number of esters is 1. The molecule has 1 aromatic rings. The number of aromatic nitrogens is 2. The van der Waals surface area contributed by atoms with Gasteiger partial charge in [0.15, 0.2) is 5.56 Å². The highest BCUT2D eigenvalue weighted by Gasteiger charge is 2.26. The molecule has 3 N–H and O–H groups in total. The van der Waals surface area contributed by atoms with Crippen LogP contribution in [0.1, 0.15) is 23.0 Å². The molecule has 104 valence electrons. The predicted octanol–water partition coefficient (Wildman–Crippen LogP) is 0.130. The van der Waals surface area contributed by atoms with Gasteiger partial charge in [0.25, 0.3) is 5.91 Å². The number of H-pyrrole nitrogens is 1. The van der Waals surface area contributed by atoms with E-state index in [9.17, 15) is 19.7 Å². The molecule has 1 atom stereocenters. The number of carbonyl (C=O) groups is 2. The van der Waals surface area contributed by atoms with Gasteiger partial charge in [0.2, 0.25) is 0 Å². The highest BCUT2D eigenvalue weighted by Crippen LogP contribution is 2.18. The third-order valence-corrected chi connectivity index (χ3v) is 2.34. The minimum absolute atomic E-state index is 0.0119. The summed E-state index contributed by atoms with van der Waals surface area (Å²) in [7, 11) is 0. The summed E-state index contributed by atoms with van der Waals surface area (Å²) in [5, 5.41) is 15.5. The molecule has 0 aliphatic rings. The minimum atomic E-state index is -0.979. The molecule has 0 fully saturated rings. The fourth-order valence-corrected chi connectivity index (χ4v) is 1.37. The number of hydrogen-bond acceptors (Lipinski definition) is 6. The van der Waals surface area contributed by atoms with Crippen molar-refractivity contribution in [2.24, 2.45) is 5.73 Å². The maximum Gasteiger partial charge on any atom is 0.355 e.